The Morgan fingerprint density at radius 1 is 1.33 bits per heavy atom. The molecule has 0 saturated carbocycles. The molecule has 1 rings (SSSR count). The van der Waals surface area contributed by atoms with Crippen molar-refractivity contribution in [1.82, 2.24) is 0 Å². The lowest BCUT2D eigenvalue weighted by Gasteiger charge is -2.03. The molecular formula is C7H8ClI2NO. The maximum atomic E-state index is 9.43. The highest BCUT2D eigenvalue weighted by molar-refractivity contribution is 14.1. The van der Waals surface area contributed by atoms with Crippen LogP contribution in [0.1, 0.15) is 5.56 Å². The molecule has 12 heavy (non-hydrogen) atoms. The zero-order valence-electron chi connectivity index (χ0n) is 6.05. The van der Waals surface area contributed by atoms with E-state index in [0.29, 0.717) is 12.3 Å². The van der Waals surface area contributed by atoms with E-state index in [4.69, 9.17) is 5.73 Å². The van der Waals surface area contributed by atoms with Crippen molar-refractivity contribution in [2.75, 3.05) is 0 Å². The van der Waals surface area contributed by atoms with Gasteiger partial charge < -0.3 is 10.8 Å². The molecule has 5 heteroatoms. The fourth-order valence-electron chi connectivity index (χ4n) is 0.775. The third-order valence-corrected chi connectivity index (χ3v) is 2.77. The molecule has 0 aliphatic carbocycles. The Hall–Kier alpha value is 0.730. The number of hydrogen-bond donors (Lipinski definition) is 2. The normalized spacial score (nSPS) is 9.25. The van der Waals surface area contributed by atoms with Crippen LogP contribution in [0.15, 0.2) is 12.1 Å². The standard InChI is InChI=1S/C7H7I2NO.ClH/c8-5-1-4(3-10)7(11)6(9)2-5;/h1-2,11H,3,10H2;1H. The fraction of sp³-hybridized carbons (Fsp3) is 0.143. The number of phenols is 1. The quantitative estimate of drug-likeness (QED) is 0.698. The van der Waals surface area contributed by atoms with Crippen molar-refractivity contribution in [2.24, 2.45) is 5.73 Å². The van der Waals surface area contributed by atoms with E-state index >= 15 is 0 Å². The smallest absolute Gasteiger partial charge is 0.133 e. The van der Waals surface area contributed by atoms with Gasteiger partial charge in [-0.05, 0) is 57.3 Å². The minimum absolute atomic E-state index is 0. The van der Waals surface area contributed by atoms with Crippen LogP contribution in [0.5, 0.6) is 5.75 Å². The van der Waals surface area contributed by atoms with Gasteiger partial charge in [-0.3, -0.25) is 0 Å². The molecule has 0 aliphatic rings. The lowest BCUT2D eigenvalue weighted by atomic mass is 10.2. The molecular weight excluding hydrogens is 403 g/mol. The number of benzene rings is 1. The number of rotatable bonds is 1. The zero-order chi connectivity index (χ0) is 8.43. The van der Waals surface area contributed by atoms with Gasteiger partial charge in [-0.2, -0.15) is 0 Å². The van der Waals surface area contributed by atoms with Gasteiger partial charge >= 0.3 is 0 Å². The summed E-state index contributed by atoms with van der Waals surface area (Å²) >= 11 is 4.29. The van der Waals surface area contributed by atoms with Crippen LogP contribution in [0, 0.1) is 7.14 Å². The minimum Gasteiger partial charge on any atom is -0.507 e. The van der Waals surface area contributed by atoms with Crippen molar-refractivity contribution in [1.29, 1.82) is 0 Å². The van der Waals surface area contributed by atoms with Crippen LogP contribution in [0.2, 0.25) is 0 Å². The van der Waals surface area contributed by atoms with Crippen LogP contribution in [0.3, 0.4) is 0 Å². The molecule has 0 spiro atoms. The molecule has 0 amide bonds. The highest BCUT2D eigenvalue weighted by atomic mass is 127. The van der Waals surface area contributed by atoms with Crippen LogP contribution in [-0.4, -0.2) is 5.11 Å². The Balaban J connectivity index is 0.00000121. The van der Waals surface area contributed by atoms with Gasteiger partial charge in [0.25, 0.3) is 0 Å². The Morgan fingerprint density at radius 3 is 2.42 bits per heavy atom. The van der Waals surface area contributed by atoms with Gasteiger partial charge in [-0.15, -0.1) is 12.4 Å². The summed E-state index contributed by atoms with van der Waals surface area (Å²) in [6.45, 7) is 0.388. The molecule has 0 atom stereocenters. The maximum Gasteiger partial charge on any atom is 0.133 e. The molecule has 1 aromatic carbocycles. The van der Waals surface area contributed by atoms with E-state index < -0.39 is 0 Å². The largest absolute Gasteiger partial charge is 0.507 e. The number of phenolic OH excluding ortho intramolecular Hbond substituents is 1. The summed E-state index contributed by atoms with van der Waals surface area (Å²) in [4.78, 5) is 0. The molecule has 0 unspecified atom stereocenters. The first-order valence-electron chi connectivity index (χ1n) is 3.02. The first-order chi connectivity index (χ1) is 5.15. The molecule has 2 nitrogen and oxygen atoms in total. The van der Waals surface area contributed by atoms with Crippen LogP contribution in [0.25, 0.3) is 0 Å². The molecule has 68 valence electrons. The summed E-state index contributed by atoms with van der Waals surface area (Å²) in [6, 6.07) is 3.80. The number of halogens is 3. The molecule has 0 saturated heterocycles. The highest BCUT2D eigenvalue weighted by Crippen LogP contribution is 2.26. The zero-order valence-corrected chi connectivity index (χ0v) is 11.2. The van der Waals surface area contributed by atoms with Crippen molar-refractivity contribution in [3.05, 3.63) is 24.8 Å². The third-order valence-electron chi connectivity index (χ3n) is 1.33. The van der Waals surface area contributed by atoms with Gasteiger partial charge in [0.1, 0.15) is 5.75 Å². The predicted molar refractivity (Wildman–Crippen MR) is 68.7 cm³/mol. The first-order valence-corrected chi connectivity index (χ1v) is 5.18. The number of aromatic hydroxyl groups is 1. The van der Waals surface area contributed by atoms with Crippen molar-refractivity contribution >= 4 is 57.6 Å². The van der Waals surface area contributed by atoms with Crippen LogP contribution < -0.4 is 5.73 Å². The lowest BCUT2D eigenvalue weighted by Crippen LogP contribution is -1.98. The molecule has 0 aliphatic heterocycles. The topological polar surface area (TPSA) is 46.2 Å². The van der Waals surface area contributed by atoms with E-state index in [9.17, 15) is 5.11 Å². The monoisotopic (exact) mass is 411 g/mol. The second-order valence-corrected chi connectivity index (χ2v) is 4.51. The van der Waals surface area contributed by atoms with E-state index in [1.54, 1.807) is 0 Å². The van der Waals surface area contributed by atoms with Gasteiger partial charge in [0.05, 0.1) is 3.57 Å². The molecule has 0 heterocycles. The van der Waals surface area contributed by atoms with Gasteiger partial charge in [-0.25, -0.2) is 0 Å². The average Bonchev–Trinajstić information content (AvgIpc) is 1.96. The van der Waals surface area contributed by atoms with Gasteiger partial charge in [0, 0.05) is 15.7 Å². The summed E-state index contributed by atoms with van der Waals surface area (Å²) in [7, 11) is 0. The molecule has 0 bridgehead atoms. The van der Waals surface area contributed by atoms with Gasteiger partial charge in [-0.1, -0.05) is 0 Å². The highest BCUT2D eigenvalue weighted by Gasteiger charge is 2.04. The van der Waals surface area contributed by atoms with Gasteiger partial charge in [0.2, 0.25) is 0 Å². The summed E-state index contributed by atoms with van der Waals surface area (Å²) in [5, 5.41) is 9.43. The summed E-state index contributed by atoms with van der Waals surface area (Å²) in [5.74, 6) is 0.313. The SMILES string of the molecule is Cl.NCc1cc(I)cc(I)c1O. The third kappa shape index (κ3) is 2.90. The van der Waals surface area contributed by atoms with E-state index in [0.717, 1.165) is 12.7 Å². The molecule has 1 aromatic rings. The van der Waals surface area contributed by atoms with Crippen LogP contribution in [-0.2, 0) is 6.54 Å². The number of hydrogen-bond acceptors (Lipinski definition) is 2. The van der Waals surface area contributed by atoms with Gasteiger partial charge in [0.15, 0.2) is 0 Å². The average molecular weight is 411 g/mol. The molecule has 3 N–H and O–H groups in total. The van der Waals surface area contributed by atoms with E-state index in [1.807, 2.05) is 12.1 Å². The first kappa shape index (κ1) is 12.7. The summed E-state index contributed by atoms with van der Waals surface area (Å²) < 4.78 is 1.96. The minimum atomic E-state index is 0. The van der Waals surface area contributed by atoms with Crippen molar-refractivity contribution < 1.29 is 5.11 Å². The van der Waals surface area contributed by atoms with Crippen LogP contribution >= 0.6 is 57.6 Å². The predicted octanol–water partition coefficient (Wildman–Crippen LogP) is 2.48. The Bertz CT molecular complexity index is 280. The molecule has 0 radical (unpaired) electrons. The maximum absolute atomic E-state index is 9.43. The summed E-state index contributed by atoms with van der Waals surface area (Å²) in [6.07, 6.45) is 0. The van der Waals surface area contributed by atoms with E-state index in [1.165, 1.54) is 0 Å². The molecule has 0 fully saturated rings. The van der Waals surface area contributed by atoms with Crippen molar-refractivity contribution in [2.45, 2.75) is 6.54 Å². The molecule has 0 aromatic heterocycles. The van der Waals surface area contributed by atoms with E-state index in [2.05, 4.69) is 45.2 Å². The fourth-order valence-corrected chi connectivity index (χ4v) is 2.74. The second kappa shape index (κ2) is 5.46. The Kier molecular flexibility index (Phi) is 5.79. The van der Waals surface area contributed by atoms with Crippen molar-refractivity contribution in [3.8, 4) is 5.75 Å². The Labute approximate surface area is 105 Å². The van der Waals surface area contributed by atoms with Crippen molar-refractivity contribution in [3.63, 3.8) is 0 Å². The van der Waals surface area contributed by atoms with Crippen LogP contribution in [0.4, 0.5) is 0 Å². The summed E-state index contributed by atoms with van der Waals surface area (Å²) in [5.41, 5.74) is 6.23. The Morgan fingerprint density at radius 2 is 1.92 bits per heavy atom. The number of nitrogens with two attached hydrogens (primary N) is 1. The second-order valence-electron chi connectivity index (χ2n) is 2.10. The lowest BCUT2D eigenvalue weighted by molar-refractivity contribution is 0.464. The van der Waals surface area contributed by atoms with E-state index in [-0.39, 0.29) is 12.4 Å².